The second-order valence-electron chi connectivity index (χ2n) is 6.83. The molecule has 2 aliphatic rings. The maximum atomic E-state index is 12.8. The summed E-state index contributed by atoms with van der Waals surface area (Å²) in [5.41, 5.74) is 2.02. The Balaban J connectivity index is 2.06. The first-order valence-electron chi connectivity index (χ1n) is 8.70. The van der Waals surface area contributed by atoms with Crippen LogP contribution in [-0.2, 0) is 4.79 Å². The Hall–Kier alpha value is -2.04. The summed E-state index contributed by atoms with van der Waals surface area (Å²) in [4.78, 5) is 12.8. The number of fused-ring (bicyclic) bond motifs is 1. The van der Waals surface area contributed by atoms with Crippen LogP contribution in [-0.4, -0.2) is 36.9 Å². The summed E-state index contributed by atoms with van der Waals surface area (Å²) in [5.74, 6) is 1.84. The largest absolute Gasteiger partial charge is 0.493 e. The maximum absolute atomic E-state index is 12.8. The summed E-state index contributed by atoms with van der Waals surface area (Å²) >= 11 is 0. The van der Waals surface area contributed by atoms with Crippen molar-refractivity contribution in [2.45, 2.75) is 45.6 Å². The minimum absolute atomic E-state index is 0.0572. The van der Waals surface area contributed by atoms with Gasteiger partial charge in [-0.1, -0.05) is 12.8 Å². The Kier molecular flexibility index (Phi) is 4.78. The Morgan fingerprint density at radius 2 is 1.75 bits per heavy atom. The van der Waals surface area contributed by atoms with Gasteiger partial charge in [-0.15, -0.1) is 0 Å². The standard InChI is InChI=1S/C19H26N2O3/c1-12(2)21-19(22)15-8-6-5-7-14(15)18(20-21)13-9-10-16(23-3)17(11-13)24-4/h9-12,14-15H,5-8H2,1-4H3. The van der Waals surface area contributed by atoms with Gasteiger partial charge in [-0.3, -0.25) is 4.79 Å². The van der Waals surface area contributed by atoms with E-state index in [4.69, 9.17) is 14.6 Å². The molecule has 0 saturated heterocycles. The topological polar surface area (TPSA) is 51.1 Å². The predicted octanol–water partition coefficient (Wildman–Crippen LogP) is 3.46. The molecular weight excluding hydrogens is 304 g/mol. The molecule has 5 heteroatoms. The van der Waals surface area contributed by atoms with E-state index in [9.17, 15) is 4.79 Å². The van der Waals surface area contributed by atoms with Gasteiger partial charge in [0.1, 0.15) is 0 Å². The van der Waals surface area contributed by atoms with Crippen LogP contribution in [0.1, 0.15) is 45.1 Å². The lowest BCUT2D eigenvalue weighted by atomic mass is 9.73. The highest BCUT2D eigenvalue weighted by atomic mass is 16.5. The van der Waals surface area contributed by atoms with Crippen molar-refractivity contribution in [2.24, 2.45) is 16.9 Å². The van der Waals surface area contributed by atoms with E-state index in [1.54, 1.807) is 19.2 Å². The fourth-order valence-electron chi connectivity index (χ4n) is 3.80. The van der Waals surface area contributed by atoms with Gasteiger partial charge in [-0.05, 0) is 44.9 Å². The van der Waals surface area contributed by atoms with Gasteiger partial charge in [0.2, 0.25) is 5.91 Å². The molecule has 130 valence electrons. The Morgan fingerprint density at radius 3 is 2.38 bits per heavy atom. The lowest BCUT2D eigenvalue weighted by molar-refractivity contribution is -0.140. The van der Waals surface area contributed by atoms with Crippen molar-refractivity contribution >= 4 is 11.6 Å². The van der Waals surface area contributed by atoms with E-state index in [2.05, 4.69) is 0 Å². The SMILES string of the molecule is COc1ccc(C2=NN(C(C)C)C(=O)C3CCCCC23)cc1OC. The van der Waals surface area contributed by atoms with Crippen LogP contribution in [0.4, 0.5) is 0 Å². The van der Waals surface area contributed by atoms with Crippen molar-refractivity contribution in [3.63, 3.8) is 0 Å². The fourth-order valence-corrected chi connectivity index (χ4v) is 3.80. The van der Waals surface area contributed by atoms with E-state index in [1.807, 2.05) is 32.0 Å². The molecule has 2 atom stereocenters. The molecular formula is C19H26N2O3. The van der Waals surface area contributed by atoms with Crippen molar-refractivity contribution in [2.75, 3.05) is 14.2 Å². The summed E-state index contributed by atoms with van der Waals surface area (Å²) in [6.45, 7) is 4.02. The first-order valence-corrected chi connectivity index (χ1v) is 8.70. The Bertz CT molecular complexity index is 654. The molecule has 1 aliphatic heterocycles. The van der Waals surface area contributed by atoms with Crippen LogP contribution in [0, 0.1) is 11.8 Å². The van der Waals surface area contributed by atoms with Gasteiger partial charge < -0.3 is 9.47 Å². The summed E-state index contributed by atoms with van der Waals surface area (Å²) < 4.78 is 10.8. The third-order valence-corrected chi connectivity index (χ3v) is 5.04. The molecule has 1 aromatic rings. The molecule has 1 fully saturated rings. The molecule has 1 saturated carbocycles. The Labute approximate surface area is 143 Å². The summed E-state index contributed by atoms with van der Waals surface area (Å²) in [6.07, 6.45) is 4.26. The number of ether oxygens (including phenoxy) is 2. The number of nitrogens with zero attached hydrogens (tertiary/aromatic N) is 2. The smallest absolute Gasteiger partial charge is 0.246 e. The van der Waals surface area contributed by atoms with Crippen LogP contribution in [0.25, 0.3) is 0 Å². The Morgan fingerprint density at radius 1 is 1.08 bits per heavy atom. The minimum Gasteiger partial charge on any atom is -0.493 e. The van der Waals surface area contributed by atoms with E-state index >= 15 is 0 Å². The van der Waals surface area contributed by atoms with Gasteiger partial charge in [-0.25, -0.2) is 5.01 Å². The first-order chi connectivity index (χ1) is 11.6. The number of benzene rings is 1. The van der Waals surface area contributed by atoms with E-state index < -0.39 is 0 Å². The maximum Gasteiger partial charge on any atom is 0.246 e. The number of hydrazone groups is 1. The van der Waals surface area contributed by atoms with Crippen molar-refractivity contribution in [1.82, 2.24) is 5.01 Å². The van der Waals surface area contributed by atoms with Crippen molar-refractivity contribution in [3.05, 3.63) is 23.8 Å². The molecule has 0 bridgehead atoms. The second-order valence-corrected chi connectivity index (χ2v) is 6.83. The number of hydrogen-bond acceptors (Lipinski definition) is 4. The number of carbonyl (C=O) groups is 1. The third-order valence-electron chi connectivity index (χ3n) is 5.04. The zero-order valence-corrected chi connectivity index (χ0v) is 14.9. The van der Waals surface area contributed by atoms with Gasteiger partial charge in [0, 0.05) is 23.4 Å². The van der Waals surface area contributed by atoms with E-state index in [1.165, 1.54) is 0 Å². The molecule has 0 aromatic heterocycles. The second kappa shape index (κ2) is 6.83. The molecule has 0 N–H and O–H groups in total. The molecule has 0 spiro atoms. The average molecular weight is 330 g/mol. The average Bonchev–Trinajstić information content (AvgIpc) is 2.61. The first kappa shape index (κ1) is 16.8. The van der Waals surface area contributed by atoms with Crippen LogP contribution < -0.4 is 9.47 Å². The van der Waals surface area contributed by atoms with Crippen molar-refractivity contribution in [1.29, 1.82) is 0 Å². The number of hydrogen-bond donors (Lipinski definition) is 0. The van der Waals surface area contributed by atoms with Gasteiger partial charge in [0.25, 0.3) is 0 Å². The van der Waals surface area contributed by atoms with E-state index in [0.717, 1.165) is 37.0 Å². The van der Waals surface area contributed by atoms with Gasteiger partial charge >= 0.3 is 0 Å². The fraction of sp³-hybridized carbons (Fsp3) is 0.579. The molecule has 1 heterocycles. The number of methoxy groups -OCH3 is 2. The van der Waals surface area contributed by atoms with Gasteiger partial charge in [0.05, 0.1) is 19.9 Å². The molecule has 5 nitrogen and oxygen atoms in total. The van der Waals surface area contributed by atoms with Crippen LogP contribution in [0.5, 0.6) is 11.5 Å². The van der Waals surface area contributed by atoms with E-state index in [-0.39, 0.29) is 23.8 Å². The van der Waals surface area contributed by atoms with Crippen molar-refractivity contribution in [3.8, 4) is 11.5 Å². The highest BCUT2D eigenvalue weighted by Gasteiger charge is 2.41. The van der Waals surface area contributed by atoms with Gasteiger partial charge in [0.15, 0.2) is 11.5 Å². The molecule has 1 aliphatic carbocycles. The summed E-state index contributed by atoms with van der Waals surface area (Å²) in [6, 6.07) is 5.96. The third kappa shape index (κ3) is 2.87. The zero-order valence-electron chi connectivity index (χ0n) is 14.9. The van der Waals surface area contributed by atoms with Crippen LogP contribution in [0.2, 0.25) is 0 Å². The van der Waals surface area contributed by atoms with Crippen LogP contribution in [0.3, 0.4) is 0 Å². The summed E-state index contributed by atoms with van der Waals surface area (Å²) in [7, 11) is 3.27. The summed E-state index contributed by atoms with van der Waals surface area (Å²) in [5, 5.41) is 6.42. The predicted molar refractivity (Wildman–Crippen MR) is 93.5 cm³/mol. The zero-order chi connectivity index (χ0) is 17.3. The highest BCUT2D eigenvalue weighted by molar-refractivity contribution is 6.07. The lowest BCUT2D eigenvalue weighted by Gasteiger charge is -2.40. The quantitative estimate of drug-likeness (QED) is 0.849. The molecule has 24 heavy (non-hydrogen) atoms. The number of amides is 1. The molecule has 2 unspecified atom stereocenters. The number of rotatable bonds is 4. The molecule has 3 rings (SSSR count). The minimum atomic E-state index is 0.0572. The highest BCUT2D eigenvalue weighted by Crippen LogP contribution is 2.39. The number of carbonyl (C=O) groups excluding carboxylic acids is 1. The van der Waals surface area contributed by atoms with Crippen LogP contribution >= 0.6 is 0 Å². The molecule has 1 aromatic carbocycles. The van der Waals surface area contributed by atoms with Crippen LogP contribution in [0.15, 0.2) is 23.3 Å². The van der Waals surface area contributed by atoms with Crippen molar-refractivity contribution < 1.29 is 14.3 Å². The normalized spacial score (nSPS) is 23.8. The van der Waals surface area contributed by atoms with Gasteiger partial charge in [-0.2, -0.15) is 5.10 Å². The lowest BCUT2D eigenvalue weighted by Crippen LogP contribution is -2.48. The monoisotopic (exact) mass is 330 g/mol. The molecule has 0 radical (unpaired) electrons. The van der Waals surface area contributed by atoms with E-state index in [0.29, 0.717) is 11.5 Å². The molecule has 1 amide bonds.